The Morgan fingerprint density at radius 2 is 1.68 bits per heavy atom. The molecule has 0 radical (unpaired) electrons. The van der Waals surface area contributed by atoms with Crippen LogP contribution < -0.4 is 0 Å². The second kappa shape index (κ2) is 9.89. The van der Waals surface area contributed by atoms with Crippen LogP contribution in [0.4, 0.5) is 13.2 Å². The third kappa shape index (κ3) is 5.41. The third-order valence-electron chi connectivity index (χ3n) is 6.14. The maximum absolute atomic E-state index is 13.8. The van der Waals surface area contributed by atoms with Crippen LogP contribution in [0.2, 0.25) is 0 Å². The van der Waals surface area contributed by atoms with Crippen molar-refractivity contribution >= 4 is 5.71 Å². The van der Waals surface area contributed by atoms with Crippen LogP contribution >= 0.6 is 0 Å². The molecule has 2 aromatic heterocycles. The third-order valence-corrected chi connectivity index (χ3v) is 6.14. The van der Waals surface area contributed by atoms with Gasteiger partial charge in [0.05, 0.1) is 0 Å². The number of pyridine rings is 1. The molecule has 3 aromatic rings. The minimum absolute atomic E-state index is 0.0492. The van der Waals surface area contributed by atoms with Crippen molar-refractivity contribution < 1.29 is 18.0 Å². The van der Waals surface area contributed by atoms with Crippen molar-refractivity contribution in [1.29, 1.82) is 0 Å². The number of halogens is 3. The van der Waals surface area contributed by atoms with Gasteiger partial charge in [-0.3, -0.25) is 4.90 Å². The largest absolute Gasteiger partial charge is 0.392 e. The summed E-state index contributed by atoms with van der Waals surface area (Å²) in [5.41, 5.74) is 2.64. The fourth-order valence-electron chi connectivity index (χ4n) is 4.04. The average Bonchev–Trinajstić information content (AvgIpc) is 3.68. The van der Waals surface area contributed by atoms with Crippen molar-refractivity contribution in [3.05, 3.63) is 89.0 Å². The lowest BCUT2D eigenvalue weighted by Crippen LogP contribution is -2.32. The molecule has 1 saturated carbocycles. The molecule has 0 spiro atoms. The first-order valence-electron chi connectivity index (χ1n) is 11.4. The molecule has 5 rings (SSSR count). The summed E-state index contributed by atoms with van der Waals surface area (Å²) in [6.07, 6.45) is 8.91. The summed E-state index contributed by atoms with van der Waals surface area (Å²) in [4.78, 5) is 20.4. The number of benzene rings is 1. The zero-order chi connectivity index (χ0) is 23.5. The van der Waals surface area contributed by atoms with Gasteiger partial charge in [-0.25, -0.2) is 23.7 Å². The van der Waals surface area contributed by atoms with E-state index in [4.69, 9.17) is 4.84 Å². The Morgan fingerprint density at radius 3 is 2.32 bits per heavy atom. The van der Waals surface area contributed by atoms with Gasteiger partial charge in [0.25, 0.3) is 0 Å². The van der Waals surface area contributed by atoms with Crippen LogP contribution in [0.3, 0.4) is 0 Å². The highest BCUT2D eigenvalue weighted by Crippen LogP contribution is 2.28. The van der Waals surface area contributed by atoms with Crippen LogP contribution in [0.15, 0.2) is 54.1 Å². The summed E-state index contributed by atoms with van der Waals surface area (Å²) in [6, 6.07) is 6.79. The van der Waals surface area contributed by atoms with Crippen molar-refractivity contribution in [1.82, 2.24) is 19.9 Å². The molecule has 1 aliphatic heterocycles. The molecular formula is C25H24F3N5O. The predicted octanol–water partition coefficient (Wildman–Crippen LogP) is 4.60. The molecule has 1 saturated heterocycles. The lowest BCUT2D eigenvalue weighted by atomic mass is 9.90. The maximum Gasteiger partial charge on any atom is 0.212 e. The minimum Gasteiger partial charge on any atom is -0.392 e. The van der Waals surface area contributed by atoms with E-state index in [9.17, 15) is 13.2 Å². The second-order valence-corrected chi connectivity index (χ2v) is 8.75. The smallest absolute Gasteiger partial charge is 0.212 e. The molecule has 0 atom stereocenters. The summed E-state index contributed by atoms with van der Waals surface area (Å²) in [7, 11) is 0. The summed E-state index contributed by atoms with van der Waals surface area (Å²) >= 11 is 0. The average molecular weight is 467 g/mol. The molecule has 1 aromatic carbocycles. The van der Waals surface area contributed by atoms with Gasteiger partial charge in [-0.1, -0.05) is 11.2 Å². The van der Waals surface area contributed by atoms with Gasteiger partial charge in [0, 0.05) is 36.3 Å². The summed E-state index contributed by atoms with van der Waals surface area (Å²) in [5, 5.41) is 4.15. The molecule has 9 heteroatoms. The van der Waals surface area contributed by atoms with Crippen molar-refractivity contribution in [2.45, 2.75) is 44.2 Å². The number of oxime groups is 1. The van der Waals surface area contributed by atoms with Crippen molar-refractivity contribution in [2.75, 3.05) is 13.1 Å². The van der Waals surface area contributed by atoms with E-state index in [1.807, 2.05) is 6.07 Å². The molecular weight excluding hydrogens is 443 g/mol. The van der Waals surface area contributed by atoms with Crippen LogP contribution in [0, 0.1) is 17.6 Å². The van der Waals surface area contributed by atoms with E-state index in [0.717, 1.165) is 62.0 Å². The zero-order valence-electron chi connectivity index (χ0n) is 18.5. The molecule has 176 valence electrons. The molecule has 0 N–H and O–H groups in total. The Balaban J connectivity index is 1.24. The SMILES string of the molecule is Fc1ccc(C2CCN(Cc3cnc(C(=NOC4CC4)c4ccc(F)c(F)c4)nc3)CC2)cn1. The van der Waals surface area contributed by atoms with Gasteiger partial charge in [-0.15, -0.1) is 0 Å². The highest BCUT2D eigenvalue weighted by atomic mass is 19.2. The van der Waals surface area contributed by atoms with Crippen LogP contribution in [0.5, 0.6) is 0 Å². The van der Waals surface area contributed by atoms with Crippen LogP contribution in [-0.2, 0) is 11.4 Å². The highest BCUT2D eigenvalue weighted by molar-refractivity contribution is 6.10. The monoisotopic (exact) mass is 467 g/mol. The summed E-state index contributed by atoms with van der Waals surface area (Å²) in [5.74, 6) is -1.68. The summed E-state index contributed by atoms with van der Waals surface area (Å²) < 4.78 is 40.3. The maximum atomic E-state index is 13.8. The first kappa shape index (κ1) is 22.5. The van der Waals surface area contributed by atoms with E-state index in [2.05, 4.69) is 25.0 Å². The molecule has 3 heterocycles. The number of hydrogen-bond donors (Lipinski definition) is 0. The molecule has 1 aliphatic carbocycles. The van der Waals surface area contributed by atoms with Crippen molar-refractivity contribution in [3.63, 3.8) is 0 Å². The van der Waals surface area contributed by atoms with Crippen molar-refractivity contribution in [2.24, 2.45) is 5.16 Å². The number of rotatable bonds is 7. The quantitative estimate of drug-likeness (QED) is 0.289. The van der Waals surface area contributed by atoms with E-state index < -0.39 is 17.6 Å². The van der Waals surface area contributed by atoms with Gasteiger partial charge in [-0.2, -0.15) is 4.39 Å². The number of nitrogens with zero attached hydrogens (tertiary/aromatic N) is 5. The number of aromatic nitrogens is 3. The zero-order valence-corrected chi connectivity index (χ0v) is 18.5. The molecule has 2 fully saturated rings. The Labute approximate surface area is 195 Å². The Bertz CT molecular complexity index is 1160. The standard InChI is InChI=1S/C25H24F3N5O/c26-21-5-1-18(11-22(21)27)24(32-34-20-3-4-20)25-30-12-16(13-31-25)15-33-9-7-17(8-10-33)19-2-6-23(28)29-14-19/h1-2,5-6,11-14,17,20H,3-4,7-10,15H2. The highest BCUT2D eigenvalue weighted by Gasteiger charge is 2.25. The van der Waals surface area contributed by atoms with E-state index >= 15 is 0 Å². The van der Waals surface area contributed by atoms with Gasteiger partial charge in [-0.05, 0) is 74.5 Å². The Morgan fingerprint density at radius 1 is 0.912 bits per heavy atom. The van der Waals surface area contributed by atoms with Gasteiger partial charge in [0.2, 0.25) is 5.95 Å². The first-order valence-corrected chi connectivity index (χ1v) is 11.4. The predicted molar refractivity (Wildman–Crippen MR) is 120 cm³/mol. The van der Waals surface area contributed by atoms with E-state index in [1.54, 1.807) is 18.6 Å². The van der Waals surface area contributed by atoms with E-state index in [-0.39, 0.29) is 17.6 Å². The Kier molecular flexibility index (Phi) is 6.53. The van der Waals surface area contributed by atoms with E-state index in [1.165, 1.54) is 12.1 Å². The van der Waals surface area contributed by atoms with Gasteiger partial charge in [0.15, 0.2) is 23.2 Å². The lowest BCUT2D eigenvalue weighted by Gasteiger charge is -2.31. The molecule has 2 aliphatic rings. The van der Waals surface area contributed by atoms with Gasteiger partial charge in [0.1, 0.15) is 6.10 Å². The molecule has 0 bridgehead atoms. The normalized spacial score (nSPS) is 17.7. The molecule has 34 heavy (non-hydrogen) atoms. The fourth-order valence-corrected chi connectivity index (χ4v) is 4.04. The molecule has 6 nitrogen and oxygen atoms in total. The van der Waals surface area contributed by atoms with Crippen LogP contribution in [0.1, 0.15) is 54.1 Å². The van der Waals surface area contributed by atoms with Crippen LogP contribution in [0.25, 0.3) is 0 Å². The number of likely N-dealkylation sites (tertiary alicyclic amines) is 1. The Hall–Kier alpha value is -3.33. The molecule has 0 amide bonds. The minimum atomic E-state index is -0.965. The first-order chi connectivity index (χ1) is 16.5. The summed E-state index contributed by atoms with van der Waals surface area (Å²) in [6.45, 7) is 2.51. The fraction of sp³-hybridized carbons (Fsp3) is 0.360. The lowest BCUT2D eigenvalue weighted by molar-refractivity contribution is 0.129. The van der Waals surface area contributed by atoms with Crippen molar-refractivity contribution in [3.8, 4) is 0 Å². The number of piperidine rings is 1. The topological polar surface area (TPSA) is 63.5 Å². The van der Waals surface area contributed by atoms with Gasteiger partial charge < -0.3 is 4.84 Å². The number of hydrogen-bond acceptors (Lipinski definition) is 6. The van der Waals surface area contributed by atoms with E-state index in [0.29, 0.717) is 18.0 Å². The molecule has 0 unspecified atom stereocenters. The van der Waals surface area contributed by atoms with Gasteiger partial charge >= 0.3 is 0 Å². The second-order valence-electron chi connectivity index (χ2n) is 8.75. The van der Waals surface area contributed by atoms with Crippen LogP contribution in [-0.4, -0.2) is 44.8 Å².